The molecular formula is C22H36. The van der Waals surface area contributed by atoms with Gasteiger partial charge in [-0.2, -0.15) is 0 Å². The molecule has 0 amide bonds. The molecule has 0 saturated heterocycles. The van der Waals surface area contributed by atoms with Crippen molar-refractivity contribution in [3.8, 4) is 0 Å². The average Bonchev–Trinajstić information content (AvgIpc) is 3.07. The van der Waals surface area contributed by atoms with Crippen LogP contribution in [0.2, 0.25) is 0 Å². The summed E-state index contributed by atoms with van der Waals surface area (Å²) in [7, 11) is 0. The highest BCUT2D eigenvalue weighted by Crippen LogP contribution is 2.79. The molecule has 0 aromatic carbocycles. The summed E-state index contributed by atoms with van der Waals surface area (Å²) in [6.45, 7) is 7.77. The maximum atomic E-state index is 2.73. The van der Waals surface area contributed by atoms with Gasteiger partial charge >= 0.3 is 0 Å². The van der Waals surface area contributed by atoms with Crippen molar-refractivity contribution in [2.45, 2.75) is 85.0 Å². The molecule has 0 nitrogen and oxygen atoms in total. The predicted molar refractivity (Wildman–Crippen MR) is 92.5 cm³/mol. The molecule has 0 aromatic rings. The first-order chi connectivity index (χ1) is 10.6. The fourth-order valence-corrected chi connectivity index (χ4v) is 9.03. The maximum Gasteiger partial charge on any atom is -0.0204 e. The van der Waals surface area contributed by atoms with Crippen molar-refractivity contribution in [3.63, 3.8) is 0 Å². The molecule has 5 fully saturated rings. The normalized spacial score (nSPS) is 59.5. The van der Waals surface area contributed by atoms with Gasteiger partial charge in [0.05, 0.1) is 0 Å². The minimum Gasteiger partial charge on any atom is -0.0625 e. The molecule has 0 heteroatoms. The van der Waals surface area contributed by atoms with Crippen LogP contribution >= 0.6 is 0 Å². The largest absolute Gasteiger partial charge is 0.0625 e. The first kappa shape index (κ1) is 14.4. The highest BCUT2D eigenvalue weighted by molar-refractivity contribution is 5.20. The molecule has 0 N–H and O–H groups in total. The molecule has 8 atom stereocenters. The third-order valence-electron chi connectivity index (χ3n) is 9.89. The van der Waals surface area contributed by atoms with Gasteiger partial charge in [-0.3, -0.25) is 0 Å². The van der Waals surface area contributed by atoms with Crippen LogP contribution in [0, 0.1) is 52.3 Å². The minimum atomic E-state index is 0.742. The van der Waals surface area contributed by atoms with Crippen LogP contribution in [0.3, 0.4) is 0 Å². The van der Waals surface area contributed by atoms with Gasteiger partial charge in [-0.15, -0.1) is 0 Å². The molecule has 5 saturated carbocycles. The second kappa shape index (κ2) is 4.54. The molecule has 0 aromatic heterocycles. The van der Waals surface area contributed by atoms with Gasteiger partial charge in [0.15, 0.2) is 0 Å². The number of rotatable bonds is 1. The Morgan fingerprint density at radius 3 is 2.55 bits per heavy atom. The highest BCUT2D eigenvalue weighted by Gasteiger charge is 2.72. The number of hydrogen-bond acceptors (Lipinski definition) is 0. The zero-order valence-electron chi connectivity index (χ0n) is 15.1. The summed E-state index contributed by atoms with van der Waals surface area (Å²) in [4.78, 5) is 0. The van der Waals surface area contributed by atoms with Gasteiger partial charge in [0.1, 0.15) is 0 Å². The first-order valence-electron chi connectivity index (χ1n) is 10.6. The fraction of sp³-hybridized carbons (Fsp3) is 1.00. The Balaban J connectivity index is 1.47. The van der Waals surface area contributed by atoms with Crippen molar-refractivity contribution in [2.24, 2.45) is 52.3 Å². The van der Waals surface area contributed by atoms with Gasteiger partial charge in [0.25, 0.3) is 0 Å². The molecule has 1 spiro atoms. The van der Waals surface area contributed by atoms with Crippen LogP contribution in [0.25, 0.3) is 0 Å². The predicted octanol–water partition coefficient (Wildman–Crippen LogP) is 6.30. The van der Waals surface area contributed by atoms with Gasteiger partial charge < -0.3 is 0 Å². The third kappa shape index (κ3) is 1.61. The van der Waals surface area contributed by atoms with Gasteiger partial charge in [0, 0.05) is 0 Å². The molecule has 22 heavy (non-hydrogen) atoms. The van der Waals surface area contributed by atoms with E-state index in [1.54, 1.807) is 51.4 Å². The van der Waals surface area contributed by atoms with E-state index in [4.69, 9.17) is 0 Å². The van der Waals surface area contributed by atoms with Crippen molar-refractivity contribution in [1.82, 2.24) is 0 Å². The van der Waals surface area contributed by atoms with Crippen LogP contribution in [-0.4, -0.2) is 0 Å². The summed E-state index contributed by atoms with van der Waals surface area (Å²) in [5, 5.41) is 0. The average molecular weight is 301 g/mol. The van der Waals surface area contributed by atoms with Crippen LogP contribution < -0.4 is 0 Å². The third-order valence-corrected chi connectivity index (χ3v) is 9.89. The lowest BCUT2D eigenvalue weighted by Gasteiger charge is -2.58. The molecule has 0 radical (unpaired) electrons. The number of fused-ring (bicyclic) bond motifs is 4. The molecule has 0 aliphatic heterocycles. The summed E-state index contributed by atoms with van der Waals surface area (Å²) in [6.07, 6.45) is 15.8. The molecule has 0 bridgehead atoms. The van der Waals surface area contributed by atoms with E-state index in [2.05, 4.69) is 20.8 Å². The fourth-order valence-electron chi connectivity index (χ4n) is 9.03. The second-order valence-corrected chi connectivity index (χ2v) is 10.6. The summed E-state index contributed by atoms with van der Waals surface area (Å²) in [5.74, 6) is 7.64. The van der Waals surface area contributed by atoms with E-state index in [1.165, 1.54) is 12.8 Å². The summed E-state index contributed by atoms with van der Waals surface area (Å²) in [5.41, 5.74) is 1.60. The smallest absolute Gasteiger partial charge is 0.0204 e. The molecule has 5 aliphatic rings. The molecule has 0 heterocycles. The van der Waals surface area contributed by atoms with Crippen LogP contribution in [0.5, 0.6) is 0 Å². The first-order valence-corrected chi connectivity index (χ1v) is 10.6. The van der Waals surface area contributed by atoms with Gasteiger partial charge in [0.2, 0.25) is 0 Å². The molecule has 8 unspecified atom stereocenters. The molecular weight excluding hydrogens is 264 g/mol. The van der Waals surface area contributed by atoms with Gasteiger partial charge in [-0.05, 0) is 104 Å². The van der Waals surface area contributed by atoms with E-state index in [0.717, 1.165) is 52.3 Å². The lowest BCUT2D eigenvalue weighted by Crippen LogP contribution is -2.50. The number of hydrogen-bond donors (Lipinski definition) is 0. The van der Waals surface area contributed by atoms with E-state index >= 15 is 0 Å². The lowest BCUT2D eigenvalue weighted by molar-refractivity contribution is -0.0913. The van der Waals surface area contributed by atoms with Crippen molar-refractivity contribution in [2.75, 3.05) is 0 Å². The zero-order chi connectivity index (χ0) is 15.1. The zero-order valence-corrected chi connectivity index (χ0v) is 15.1. The van der Waals surface area contributed by atoms with E-state index in [1.807, 2.05) is 0 Å². The maximum absolute atomic E-state index is 2.73. The van der Waals surface area contributed by atoms with E-state index in [-0.39, 0.29) is 0 Å². The van der Waals surface area contributed by atoms with Gasteiger partial charge in [-0.1, -0.05) is 33.6 Å². The van der Waals surface area contributed by atoms with Crippen molar-refractivity contribution in [1.29, 1.82) is 0 Å². The summed E-state index contributed by atoms with van der Waals surface area (Å²) >= 11 is 0. The van der Waals surface area contributed by atoms with Crippen molar-refractivity contribution in [3.05, 3.63) is 0 Å². The SMILES string of the molecule is CC(C)C1CCC2C3CCC4CCCCC4(C)C3CC3CC312. The Bertz CT molecular complexity index is 465. The molecule has 5 aliphatic carbocycles. The van der Waals surface area contributed by atoms with Gasteiger partial charge in [-0.25, -0.2) is 0 Å². The summed E-state index contributed by atoms with van der Waals surface area (Å²) in [6, 6.07) is 0. The van der Waals surface area contributed by atoms with Crippen molar-refractivity contribution < 1.29 is 0 Å². The summed E-state index contributed by atoms with van der Waals surface area (Å²) < 4.78 is 0. The Labute approximate surface area is 137 Å². The van der Waals surface area contributed by atoms with Crippen LogP contribution in [0.15, 0.2) is 0 Å². The Morgan fingerprint density at radius 1 is 0.864 bits per heavy atom. The van der Waals surface area contributed by atoms with E-state index in [0.29, 0.717) is 0 Å². The minimum absolute atomic E-state index is 0.742. The van der Waals surface area contributed by atoms with Crippen molar-refractivity contribution >= 4 is 0 Å². The Morgan fingerprint density at radius 2 is 1.73 bits per heavy atom. The lowest BCUT2D eigenvalue weighted by atomic mass is 9.47. The monoisotopic (exact) mass is 300 g/mol. The topological polar surface area (TPSA) is 0 Å². The second-order valence-electron chi connectivity index (χ2n) is 10.6. The van der Waals surface area contributed by atoms with E-state index < -0.39 is 0 Å². The van der Waals surface area contributed by atoms with Crippen LogP contribution in [-0.2, 0) is 0 Å². The van der Waals surface area contributed by atoms with E-state index in [9.17, 15) is 0 Å². The highest BCUT2D eigenvalue weighted by atomic mass is 14.8. The van der Waals surface area contributed by atoms with Crippen LogP contribution in [0.1, 0.15) is 85.0 Å². The molecule has 5 rings (SSSR count). The quantitative estimate of drug-likeness (QED) is 0.533. The Hall–Kier alpha value is 0. The Kier molecular flexibility index (Phi) is 2.96. The van der Waals surface area contributed by atoms with Crippen LogP contribution in [0.4, 0.5) is 0 Å². The standard InChI is InChI=1S/C22H36/c1-14(2)18-9-10-19-17-8-7-15-6-4-5-11-21(15,3)20(17)12-16-13-22(16,18)19/h14-20H,4-13H2,1-3H3. The molecule has 124 valence electrons.